The van der Waals surface area contributed by atoms with Crippen molar-refractivity contribution in [2.45, 2.75) is 50.5 Å². The quantitative estimate of drug-likeness (QED) is 0.0975. The van der Waals surface area contributed by atoms with Gasteiger partial charge in [0, 0.05) is 33.9 Å². The lowest BCUT2D eigenvalue weighted by Crippen LogP contribution is -2.74. The monoisotopic (exact) mass is 727 g/mol. The molecule has 6 aromatic carbocycles. The largest absolute Gasteiger partial charge is 0.319 e. The molecule has 6 heteroatoms. The molecule has 0 bridgehead atoms. The summed E-state index contributed by atoms with van der Waals surface area (Å²) in [5.74, 6) is 1.02. The Kier molecular flexibility index (Phi) is 7.66. The van der Waals surface area contributed by atoms with Crippen LogP contribution in [-0.4, -0.2) is 28.1 Å². The summed E-state index contributed by atoms with van der Waals surface area (Å²) in [5.41, 5.74) is 6.14. The van der Waals surface area contributed by atoms with Crippen LogP contribution in [0.25, 0.3) is 32.3 Å². The van der Waals surface area contributed by atoms with Gasteiger partial charge in [0.2, 0.25) is 0 Å². The normalized spacial score (nSPS) is 19.3. The van der Waals surface area contributed by atoms with Crippen molar-refractivity contribution in [2.24, 2.45) is 0 Å². The minimum atomic E-state index is -2.76. The lowest BCUT2D eigenvalue weighted by Gasteiger charge is -2.49. The number of fused-ring (bicyclic) bond motifs is 6. The van der Waals surface area contributed by atoms with Gasteiger partial charge in [-0.15, -0.1) is 0 Å². The third-order valence-corrected chi connectivity index (χ3v) is 17.8. The fourth-order valence-corrected chi connectivity index (χ4v) is 15.0. The lowest BCUT2D eigenvalue weighted by molar-refractivity contribution is 0.194. The van der Waals surface area contributed by atoms with Gasteiger partial charge in [-0.3, -0.25) is 0 Å². The number of hydrogen-bond donors (Lipinski definition) is 0. The summed E-state index contributed by atoms with van der Waals surface area (Å²) in [7, 11) is -2.76. The molecule has 8 aromatic rings. The molecule has 1 aliphatic heterocycles. The van der Waals surface area contributed by atoms with Gasteiger partial charge in [-0.1, -0.05) is 129 Å². The topological polar surface area (TPSA) is 38.3 Å². The molecule has 0 spiro atoms. The fraction of sp³-hybridized carbons (Fsp3) is 0.163. The van der Waals surface area contributed by atoms with Gasteiger partial charge < -0.3 is 9.47 Å². The number of benzene rings is 6. The van der Waals surface area contributed by atoms with Gasteiger partial charge in [-0.2, -0.15) is 0 Å². The van der Waals surface area contributed by atoms with Crippen molar-refractivity contribution in [3.8, 4) is 5.69 Å². The first kappa shape index (κ1) is 33.3. The Hall–Kier alpha value is -6.29. The van der Waals surface area contributed by atoms with Crippen LogP contribution in [0.5, 0.6) is 0 Å². The van der Waals surface area contributed by atoms with Crippen molar-refractivity contribution in [1.29, 1.82) is 0 Å². The van der Waals surface area contributed by atoms with Gasteiger partial charge in [-0.25, -0.2) is 14.8 Å². The first-order valence-electron chi connectivity index (χ1n) is 19.3. The molecule has 0 saturated heterocycles. The van der Waals surface area contributed by atoms with Gasteiger partial charge in [0.25, 0.3) is 0 Å². The average molecular weight is 728 g/mol. The summed E-state index contributed by atoms with van der Waals surface area (Å²) in [6, 6.07) is 55.5. The van der Waals surface area contributed by atoms with E-state index in [-0.39, 0.29) is 11.0 Å². The zero-order valence-electron chi connectivity index (χ0n) is 31.2. The summed E-state index contributed by atoms with van der Waals surface area (Å²) < 4.78 is 2.40. The highest BCUT2D eigenvalue weighted by Gasteiger charge is 2.58. The SMILES string of the molecule is [C-]#[N+]c1ccc2c(c1)c1cc(N3c4ncncc4C4(C)CCCCC34C)ccc1n2-c1cccc([Si](c2ccccc2)(c2ccccc2)c2ccccc2)c1. The van der Waals surface area contributed by atoms with E-state index >= 15 is 0 Å². The summed E-state index contributed by atoms with van der Waals surface area (Å²) in [6.07, 6.45) is 8.35. The summed E-state index contributed by atoms with van der Waals surface area (Å²) in [6.45, 7) is 12.8. The van der Waals surface area contributed by atoms with Gasteiger partial charge in [0.15, 0.2) is 13.8 Å². The van der Waals surface area contributed by atoms with Gasteiger partial charge >= 0.3 is 0 Å². The molecule has 0 radical (unpaired) electrons. The highest BCUT2D eigenvalue weighted by molar-refractivity contribution is 7.19. The number of nitrogens with zero attached hydrogens (tertiary/aromatic N) is 5. The summed E-state index contributed by atoms with van der Waals surface area (Å²) in [5, 5.41) is 7.55. The molecule has 266 valence electrons. The van der Waals surface area contributed by atoms with E-state index in [0.29, 0.717) is 5.69 Å². The maximum Gasteiger partial charge on any atom is 0.188 e. The zero-order chi connectivity index (χ0) is 37.2. The van der Waals surface area contributed by atoms with Crippen LogP contribution < -0.4 is 25.6 Å². The van der Waals surface area contributed by atoms with Crippen LogP contribution in [0.4, 0.5) is 17.2 Å². The number of anilines is 2. The molecule has 1 aliphatic carbocycles. The van der Waals surface area contributed by atoms with Gasteiger partial charge in [0.1, 0.15) is 12.1 Å². The molecule has 5 nitrogen and oxygen atoms in total. The van der Waals surface area contributed by atoms with Gasteiger partial charge in [-0.05, 0) is 88.4 Å². The Morgan fingerprint density at radius 1 is 0.618 bits per heavy atom. The second-order valence-corrected chi connectivity index (χ2v) is 19.5. The molecule has 2 aliphatic rings. The summed E-state index contributed by atoms with van der Waals surface area (Å²) in [4.78, 5) is 15.8. The minimum absolute atomic E-state index is 0.0465. The van der Waals surface area contributed by atoms with Crippen LogP contribution >= 0.6 is 0 Å². The van der Waals surface area contributed by atoms with Crippen LogP contribution in [0.1, 0.15) is 45.1 Å². The van der Waals surface area contributed by atoms with E-state index in [1.807, 2.05) is 6.07 Å². The zero-order valence-corrected chi connectivity index (χ0v) is 32.2. The van der Waals surface area contributed by atoms with E-state index in [9.17, 15) is 0 Å². The number of hydrogen-bond acceptors (Lipinski definition) is 3. The first-order chi connectivity index (χ1) is 27.0. The van der Waals surface area contributed by atoms with Crippen LogP contribution in [0.15, 0.2) is 164 Å². The van der Waals surface area contributed by atoms with E-state index in [4.69, 9.17) is 11.6 Å². The molecule has 3 heterocycles. The van der Waals surface area contributed by atoms with Crippen LogP contribution in [0.2, 0.25) is 0 Å². The average Bonchev–Trinajstić information content (AvgIpc) is 3.67. The van der Waals surface area contributed by atoms with Crippen LogP contribution in [0.3, 0.4) is 0 Å². The van der Waals surface area contributed by atoms with Crippen molar-refractivity contribution in [1.82, 2.24) is 14.5 Å². The van der Waals surface area contributed by atoms with E-state index < -0.39 is 8.07 Å². The standard InChI is InChI=1S/C49H41N5Si/c1-48-28-13-14-29-49(48,2)54(47-44(48)33-51-34-52-47)37-25-27-46-43(32-37)42-30-35(50-3)24-26-45(42)53(46)36-16-15-23-41(31-36)55(38-17-7-4-8-18-38,39-19-9-5-10-20-39)40-21-11-6-12-22-40/h4-12,15-27,30-34H,13-14,28-29H2,1-2H3. The molecule has 2 atom stereocenters. The predicted octanol–water partition coefficient (Wildman–Crippen LogP) is 9.24. The second kappa shape index (κ2) is 12.6. The van der Waals surface area contributed by atoms with Crippen molar-refractivity contribution < 1.29 is 0 Å². The highest BCUT2D eigenvalue weighted by Crippen LogP contribution is 2.60. The number of aromatic nitrogens is 3. The molecule has 1 saturated carbocycles. The Morgan fingerprint density at radius 2 is 1.22 bits per heavy atom. The van der Waals surface area contributed by atoms with Crippen LogP contribution in [0, 0.1) is 6.57 Å². The predicted molar refractivity (Wildman–Crippen MR) is 229 cm³/mol. The molecule has 1 fully saturated rings. The molecular formula is C49H41N5Si. The molecule has 2 unspecified atom stereocenters. The van der Waals surface area contributed by atoms with E-state index in [0.717, 1.165) is 51.8 Å². The third kappa shape index (κ3) is 4.76. The fourth-order valence-electron chi connectivity index (χ4n) is 10.2. The van der Waals surface area contributed by atoms with Crippen molar-refractivity contribution in [3.05, 3.63) is 181 Å². The van der Waals surface area contributed by atoms with E-state index in [1.54, 1.807) is 6.33 Å². The maximum absolute atomic E-state index is 7.95. The minimum Gasteiger partial charge on any atom is -0.319 e. The molecule has 0 N–H and O–H groups in total. The third-order valence-electron chi connectivity index (χ3n) is 13.0. The lowest BCUT2D eigenvalue weighted by atomic mass is 9.62. The Balaban J connectivity index is 1.22. The molecule has 55 heavy (non-hydrogen) atoms. The van der Waals surface area contributed by atoms with Gasteiger partial charge in [0.05, 0.1) is 23.1 Å². The van der Waals surface area contributed by atoms with E-state index in [1.165, 1.54) is 39.2 Å². The smallest absolute Gasteiger partial charge is 0.188 e. The van der Waals surface area contributed by atoms with E-state index in [2.05, 4.69) is 185 Å². The molecule has 2 aromatic heterocycles. The van der Waals surface area contributed by atoms with Crippen molar-refractivity contribution >= 4 is 67.8 Å². The molecule has 10 rings (SSSR count). The maximum atomic E-state index is 7.95. The molecular weight excluding hydrogens is 687 g/mol. The Labute approximate surface area is 323 Å². The molecule has 0 amide bonds. The van der Waals surface area contributed by atoms with Crippen molar-refractivity contribution in [3.63, 3.8) is 0 Å². The van der Waals surface area contributed by atoms with Crippen molar-refractivity contribution in [2.75, 3.05) is 4.90 Å². The second-order valence-electron chi connectivity index (χ2n) is 15.7. The number of rotatable bonds is 6. The highest BCUT2D eigenvalue weighted by atomic mass is 28.3. The summed E-state index contributed by atoms with van der Waals surface area (Å²) >= 11 is 0. The first-order valence-corrected chi connectivity index (χ1v) is 21.3. The Morgan fingerprint density at radius 3 is 1.87 bits per heavy atom. The van der Waals surface area contributed by atoms with Crippen LogP contribution in [-0.2, 0) is 5.41 Å². The Bertz CT molecular complexity index is 2680.